The predicted molar refractivity (Wildman–Crippen MR) is 95.9 cm³/mol. The predicted octanol–water partition coefficient (Wildman–Crippen LogP) is 3.34. The van der Waals surface area contributed by atoms with E-state index in [1.165, 1.54) is 12.1 Å². The number of aryl methyl sites for hydroxylation is 1. The van der Waals surface area contributed by atoms with Gasteiger partial charge in [0, 0.05) is 6.54 Å². The Bertz CT molecular complexity index is 755. The highest BCUT2D eigenvalue weighted by Crippen LogP contribution is 2.17. The van der Waals surface area contributed by atoms with E-state index in [0.29, 0.717) is 18.7 Å². The average molecular weight is 341 g/mol. The number of benzene rings is 2. The number of carbonyl (C=O) groups is 2. The molecular weight excluding hydrogens is 318 g/mol. The van der Waals surface area contributed by atoms with Gasteiger partial charge in [-0.1, -0.05) is 25.1 Å². The lowest BCUT2D eigenvalue weighted by molar-refractivity contribution is -0.120. The van der Waals surface area contributed by atoms with Gasteiger partial charge in [-0.05, 0) is 54.3 Å². The number of carboxylic acids is 1. The number of nitrogens with one attached hydrogen (secondary N) is 1. The summed E-state index contributed by atoms with van der Waals surface area (Å²) in [6.07, 6.45) is 1.11. The molecule has 5 nitrogen and oxygen atoms in total. The van der Waals surface area contributed by atoms with Gasteiger partial charge in [0.1, 0.15) is 5.75 Å². The van der Waals surface area contributed by atoms with E-state index in [4.69, 9.17) is 9.84 Å². The van der Waals surface area contributed by atoms with Crippen LogP contribution in [-0.2, 0) is 17.8 Å². The molecular formula is C20H23NO4. The molecule has 0 aliphatic heterocycles. The van der Waals surface area contributed by atoms with E-state index >= 15 is 0 Å². The molecule has 0 saturated heterocycles. The van der Waals surface area contributed by atoms with Gasteiger partial charge in [0.2, 0.25) is 5.91 Å². The molecule has 0 spiro atoms. The van der Waals surface area contributed by atoms with E-state index in [1.807, 2.05) is 25.1 Å². The van der Waals surface area contributed by atoms with Gasteiger partial charge in [0.25, 0.3) is 0 Å². The van der Waals surface area contributed by atoms with Crippen molar-refractivity contribution >= 4 is 11.9 Å². The molecule has 0 unspecified atom stereocenters. The van der Waals surface area contributed by atoms with Crippen molar-refractivity contribution in [2.24, 2.45) is 0 Å². The number of hydrogen-bond acceptors (Lipinski definition) is 3. The van der Waals surface area contributed by atoms with Gasteiger partial charge < -0.3 is 15.2 Å². The molecule has 0 bridgehead atoms. The quantitative estimate of drug-likeness (QED) is 0.772. The fourth-order valence-corrected chi connectivity index (χ4v) is 2.43. The zero-order chi connectivity index (χ0) is 18.2. The minimum absolute atomic E-state index is 0.145. The summed E-state index contributed by atoms with van der Waals surface area (Å²) in [6.45, 7) is 5.15. The summed E-state index contributed by atoms with van der Waals surface area (Å²) in [5, 5.41) is 11.9. The molecule has 0 atom stereocenters. The molecule has 25 heavy (non-hydrogen) atoms. The summed E-state index contributed by atoms with van der Waals surface area (Å²) in [6, 6.07) is 12.2. The van der Waals surface area contributed by atoms with Crippen LogP contribution in [0.15, 0.2) is 42.5 Å². The number of carbonyl (C=O) groups excluding carboxylic acids is 1. The SMILES string of the molecule is CCCOc1ccc(CNC(=O)Cc2cccc(C(=O)O)c2)c(C)c1. The van der Waals surface area contributed by atoms with Crippen molar-refractivity contribution < 1.29 is 19.4 Å². The van der Waals surface area contributed by atoms with E-state index < -0.39 is 5.97 Å². The number of aromatic carboxylic acids is 1. The monoisotopic (exact) mass is 341 g/mol. The maximum atomic E-state index is 12.1. The topological polar surface area (TPSA) is 75.6 Å². The zero-order valence-corrected chi connectivity index (χ0v) is 14.5. The smallest absolute Gasteiger partial charge is 0.335 e. The summed E-state index contributed by atoms with van der Waals surface area (Å²) in [7, 11) is 0. The molecule has 132 valence electrons. The maximum absolute atomic E-state index is 12.1. The molecule has 1 amide bonds. The van der Waals surface area contributed by atoms with Crippen LogP contribution in [-0.4, -0.2) is 23.6 Å². The summed E-state index contributed by atoms with van der Waals surface area (Å²) in [4.78, 5) is 23.1. The molecule has 2 aromatic rings. The average Bonchev–Trinajstić information content (AvgIpc) is 2.59. The number of ether oxygens (including phenoxy) is 1. The summed E-state index contributed by atoms with van der Waals surface area (Å²) < 4.78 is 5.59. The molecule has 2 aromatic carbocycles. The number of amides is 1. The fourth-order valence-electron chi connectivity index (χ4n) is 2.43. The third-order valence-corrected chi connectivity index (χ3v) is 3.80. The Morgan fingerprint density at radius 3 is 2.64 bits per heavy atom. The van der Waals surface area contributed by atoms with E-state index in [1.54, 1.807) is 12.1 Å². The number of carboxylic acid groups (broad SMARTS) is 1. The third-order valence-electron chi connectivity index (χ3n) is 3.80. The highest BCUT2D eigenvalue weighted by Gasteiger charge is 2.08. The third kappa shape index (κ3) is 5.64. The van der Waals surface area contributed by atoms with E-state index in [9.17, 15) is 9.59 Å². The molecule has 0 aromatic heterocycles. The second kappa shape index (κ2) is 8.87. The van der Waals surface area contributed by atoms with Crippen molar-refractivity contribution in [2.75, 3.05) is 6.61 Å². The van der Waals surface area contributed by atoms with Crippen LogP contribution in [0.5, 0.6) is 5.75 Å². The van der Waals surface area contributed by atoms with Crippen LogP contribution in [0, 0.1) is 6.92 Å². The van der Waals surface area contributed by atoms with Crippen molar-refractivity contribution in [1.82, 2.24) is 5.32 Å². The molecule has 0 aliphatic rings. The first-order valence-corrected chi connectivity index (χ1v) is 8.31. The first kappa shape index (κ1) is 18.5. The largest absolute Gasteiger partial charge is 0.494 e. The molecule has 0 radical (unpaired) electrons. The van der Waals surface area contributed by atoms with Gasteiger partial charge in [-0.15, -0.1) is 0 Å². The zero-order valence-electron chi connectivity index (χ0n) is 14.5. The summed E-state index contributed by atoms with van der Waals surface area (Å²) >= 11 is 0. The maximum Gasteiger partial charge on any atom is 0.335 e. The molecule has 2 rings (SSSR count). The molecule has 0 heterocycles. The lowest BCUT2D eigenvalue weighted by atomic mass is 10.1. The summed E-state index contributed by atoms with van der Waals surface area (Å²) in [5.74, 6) is -0.309. The van der Waals surface area contributed by atoms with Crippen LogP contribution in [0.3, 0.4) is 0 Å². The van der Waals surface area contributed by atoms with E-state index in [-0.39, 0.29) is 17.9 Å². The van der Waals surface area contributed by atoms with Gasteiger partial charge >= 0.3 is 5.97 Å². The van der Waals surface area contributed by atoms with Crippen LogP contribution in [0.1, 0.15) is 40.4 Å². The Morgan fingerprint density at radius 2 is 1.96 bits per heavy atom. The van der Waals surface area contributed by atoms with Crippen LogP contribution < -0.4 is 10.1 Å². The second-order valence-corrected chi connectivity index (χ2v) is 5.90. The van der Waals surface area contributed by atoms with Crippen molar-refractivity contribution in [1.29, 1.82) is 0 Å². The molecule has 0 aliphatic carbocycles. The molecule has 0 saturated carbocycles. The fraction of sp³-hybridized carbons (Fsp3) is 0.300. The van der Waals surface area contributed by atoms with Gasteiger partial charge in [-0.25, -0.2) is 4.79 Å². The lowest BCUT2D eigenvalue weighted by Gasteiger charge is -2.11. The van der Waals surface area contributed by atoms with Gasteiger partial charge in [0.05, 0.1) is 18.6 Å². The highest BCUT2D eigenvalue weighted by molar-refractivity contribution is 5.88. The van der Waals surface area contributed by atoms with Crippen molar-refractivity contribution in [3.63, 3.8) is 0 Å². The Hall–Kier alpha value is -2.82. The Kier molecular flexibility index (Phi) is 6.57. The van der Waals surface area contributed by atoms with Crippen molar-refractivity contribution in [3.05, 3.63) is 64.7 Å². The minimum atomic E-state index is -0.997. The highest BCUT2D eigenvalue weighted by atomic mass is 16.5. The normalized spacial score (nSPS) is 10.3. The number of hydrogen-bond donors (Lipinski definition) is 2. The first-order chi connectivity index (χ1) is 12.0. The summed E-state index contributed by atoms with van der Waals surface area (Å²) in [5.41, 5.74) is 2.94. The Labute approximate surface area is 147 Å². The lowest BCUT2D eigenvalue weighted by Crippen LogP contribution is -2.25. The second-order valence-electron chi connectivity index (χ2n) is 5.90. The van der Waals surface area contributed by atoms with Crippen LogP contribution in [0.4, 0.5) is 0 Å². The Balaban J connectivity index is 1.91. The van der Waals surface area contributed by atoms with Crippen LogP contribution >= 0.6 is 0 Å². The molecule has 0 fully saturated rings. The standard InChI is InChI=1S/C20H23NO4/c1-3-9-25-18-8-7-17(14(2)10-18)13-21-19(22)12-15-5-4-6-16(11-15)20(23)24/h4-8,10-11H,3,9,12-13H2,1-2H3,(H,21,22)(H,23,24). The number of rotatable bonds is 8. The first-order valence-electron chi connectivity index (χ1n) is 8.31. The van der Waals surface area contributed by atoms with Crippen molar-refractivity contribution in [3.8, 4) is 5.75 Å². The van der Waals surface area contributed by atoms with Crippen molar-refractivity contribution in [2.45, 2.75) is 33.2 Å². The van der Waals surface area contributed by atoms with Gasteiger partial charge in [0.15, 0.2) is 0 Å². The Morgan fingerprint density at radius 1 is 1.16 bits per heavy atom. The van der Waals surface area contributed by atoms with Crippen LogP contribution in [0.2, 0.25) is 0 Å². The van der Waals surface area contributed by atoms with Crippen LogP contribution in [0.25, 0.3) is 0 Å². The molecule has 5 heteroatoms. The van der Waals surface area contributed by atoms with Gasteiger partial charge in [-0.3, -0.25) is 4.79 Å². The molecule has 2 N–H and O–H groups in total. The van der Waals surface area contributed by atoms with E-state index in [0.717, 1.165) is 23.3 Å². The van der Waals surface area contributed by atoms with Gasteiger partial charge in [-0.2, -0.15) is 0 Å². The van der Waals surface area contributed by atoms with E-state index in [2.05, 4.69) is 12.2 Å². The minimum Gasteiger partial charge on any atom is -0.494 e.